The Labute approximate surface area is 222 Å². The quantitative estimate of drug-likeness (QED) is 0.256. The van der Waals surface area contributed by atoms with Gasteiger partial charge < -0.3 is 29.4 Å². The van der Waals surface area contributed by atoms with Crippen LogP contribution in [0.4, 0.5) is 4.79 Å². The first-order valence-corrected chi connectivity index (χ1v) is 12.2. The zero-order chi connectivity index (χ0) is 28.5. The molecule has 2 rings (SSSR count). The van der Waals surface area contributed by atoms with E-state index in [0.29, 0.717) is 11.3 Å². The number of nitrogens with two attached hydrogens (primary N) is 1. The average Bonchev–Trinajstić information content (AvgIpc) is 2.84. The number of carbonyl (C=O) groups is 4. The lowest BCUT2D eigenvalue weighted by atomic mass is 9.86. The van der Waals surface area contributed by atoms with Crippen molar-refractivity contribution < 1.29 is 42.9 Å². The first-order chi connectivity index (χ1) is 17.8. The van der Waals surface area contributed by atoms with Gasteiger partial charge in [0.15, 0.2) is 11.5 Å². The molecule has 0 amide bonds. The lowest BCUT2D eigenvalue weighted by Gasteiger charge is -2.29. The maximum Gasteiger partial charge on any atom is 0.514 e. The molecule has 10 nitrogen and oxygen atoms in total. The molecule has 0 aliphatic heterocycles. The van der Waals surface area contributed by atoms with Crippen LogP contribution < -0.4 is 19.9 Å². The smallest absolute Gasteiger partial charge is 0.468 e. The van der Waals surface area contributed by atoms with Crippen molar-refractivity contribution in [2.24, 2.45) is 17.6 Å². The Morgan fingerprint density at radius 3 is 1.95 bits per heavy atom. The molecule has 0 aliphatic rings. The number of ether oxygens (including phenoxy) is 5. The normalized spacial score (nSPS) is 13.3. The molecule has 0 spiro atoms. The van der Waals surface area contributed by atoms with Gasteiger partial charge in [0.1, 0.15) is 17.4 Å². The highest BCUT2D eigenvalue weighted by molar-refractivity contribution is 5.81. The number of para-hydroxylation sites is 1. The molecule has 0 saturated heterocycles. The third kappa shape index (κ3) is 8.88. The first-order valence-electron chi connectivity index (χ1n) is 12.2. The average molecular weight is 530 g/mol. The van der Waals surface area contributed by atoms with Crippen LogP contribution in [0.1, 0.15) is 46.6 Å². The van der Waals surface area contributed by atoms with E-state index in [1.54, 1.807) is 71.0 Å². The largest absolute Gasteiger partial charge is 0.514 e. The van der Waals surface area contributed by atoms with E-state index in [9.17, 15) is 19.2 Å². The van der Waals surface area contributed by atoms with E-state index in [1.165, 1.54) is 19.2 Å². The zero-order valence-corrected chi connectivity index (χ0v) is 22.5. The number of carbonyl (C=O) groups excluding carboxylic acids is 4. The number of rotatable bonds is 11. The summed E-state index contributed by atoms with van der Waals surface area (Å²) in [5.74, 6) is -2.25. The Bertz CT molecular complexity index is 1130. The second kappa shape index (κ2) is 13.6. The Morgan fingerprint density at radius 2 is 1.39 bits per heavy atom. The predicted molar refractivity (Wildman–Crippen MR) is 138 cm³/mol. The Balaban J connectivity index is 2.25. The van der Waals surface area contributed by atoms with Crippen LogP contribution in [-0.4, -0.2) is 42.8 Å². The second-order valence-electron chi connectivity index (χ2n) is 9.55. The third-order valence-corrected chi connectivity index (χ3v) is 5.38. The number of esters is 3. The zero-order valence-electron chi connectivity index (χ0n) is 22.5. The molecule has 0 bridgehead atoms. The van der Waals surface area contributed by atoms with Gasteiger partial charge in [0.25, 0.3) is 0 Å². The van der Waals surface area contributed by atoms with Crippen molar-refractivity contribution in [3.63, 3.8) is 0 Å². The number of hydrogen-bond acceptors (Lipinski definition) is 10. The van der Waals surface area contributed by atoms with Gasteiger partial charge in [-0.1, -0.05) is 52.0 Å². The van der Waals surface area contributed by atoms with Crippen LogP contribution in [0.25, 0.3) is 0 Å². The van der Waals surface area contributed by atoms with E-state index in [1.807, 2.05) is 0 Å². The fraction of sp³-hybridized carbons (Fsp3) is 0.429. The summed E-state index contributed by atoms with van der Waals surface area (Å²) in [4.78, 5) is 49.4. The van der Waals surface area contributed by atoms with Crippen LogP contribution >= 0.6 is 0 Å². The van der Waals surface area contributed by atoms with Gasteiger partial charge in [0.2, 0.25) is 0 Å². The summed E-state index contributed by atoms with van der Waals surface area (Å²) in [6, 6.07) is 12.9. The molecular weight excluding hydrogens is 494 g/mol. The van der Waals surface area contributed by atoms with Gasteiger partial charge in [0, 0.05) is 12.8 Å². The summed E-state index contributed by atoms with van der Waals surface area (Å²) in [7, 11) is 1.20. The summed E-state index contributed by atoms with van der Waals surface area (Å²) >= 11 is 0. The topological polar surface area (TPSA) is 140 Å². The van der Waals surface area contributed by atoms with Gasteiger partial charge in [-0.15, -0.1) is 0 Å². The van der Waals surface area contributed by atoms with Crippen molar-refractivity contribution >= 4 is 24.1 Å². The van der Waals surface area contributed by atoms with E-state index < -0.39 is 47.5 Å². The molecule has 2 aromatic rings. The highest BCUT2D eigenvalue weighted by Crippen LogP contribution is 2.32. The van der Waals surface area contributed by atoms with Crippen LogP contribution in [-0.2, 0) is 30.3 Å². The summed E-state index contributed by atoms with van der Waals surface area (Å²) in [6.45, 7) is 8.25. The second-order valence-corrected chi connectivity index (χ2v) is 9.55. The van der Waals surface area contributed by atoms with Gasteiger partial charge in [-0.25, -0.2) is 4.79 Å². The summed E-state index contributed by atoms with van der Waals surface area (Å²) in [6.07, 6.45) is -1.93. The Kier molecular flexibility index (Phi) is 10.8. The van der Waals surface area contributed by atoms with Crippen LogP contribution in [0.3, 0.4) is 0 Å². The van der Waals surface area contributed by atoms with Crippen molar-refractivity contribution in [1.82, 2.24) is 0 Å². The van der Waals surface area contributed by atoms with Crippen molar-refractivity contribution in [1.29, 1.82) is 0 Å². The van der Waals surface area contributed by atoms with E-state index in [-0.39, 0.29) is 24.3 Å². The van der Waals surface area contributed by atoms with Crippen molar-refractivity contribution in [3.05, 3.63) is 54.1 Å². The highest BCUT2D eigenvalue weighted by Gasteiger charge is 2.38. The Hall–Kier alpha value is -3.92. The molecule has 0 fully saturated rings. The van der Waals surface area contributed by atoms with E-state index >= 15 is 0 Å². The molecule has 0 saturated carbocycles. The fourth-order valence-electron chi connectivity index (χ4n) is 3.40. The standard InChI is InChI=1S/C28H35NO9/c1-17(2)24(30)37-22-13-12-20(14-23(22)38-25(31)18(3)4)16-28(29,26(32)34-6)15-19(5)35-27(33)36-21-10-8-7-9-11-21/h7-14,17-19H,15-16,29H2,1-6H3/t19?,28-/m1/s1. The van der Waals surface area contributed by atoms with Crippen molar-refractivity contribution in [2.45, 2.75) is 59.1 Å². The molecular formula is C28H35NO9. The molecule has 0 aliphatic carbocycles. The van der Waals surface area contributed by atoms with Gasteiger partial charge in [-0.05, 0) is 36.8 Å². The van der Waals surface area contributed by atoms with E-state index in [0.717, 1.165) is 0 Å². The minimum Gasteiger partial charge on any atom is -0.468 e. The molecule has 2 aromatic carbocycles. The third-order valence-electron chi connectivity index (χ3n) is 5.38. The molecule has 1 unspecified atom stereocenters. The van der Waals surface area contributed by atoms with Crippen LogP contribution in [0.15, 0.2) is 48.5 Å². The van der Waals surface area contributed by atoms with Crippen LogP contribution in [0.2, 0.25) is 0 Å². The van der Waals surface area contributed by atoms with Gasteiger partial charge in [0.05, 0.1) is 18.9 Å². The highest BCUT2D eigenvalue weighted by atomic mass is 16.7. The van der Waals surface area contributed by atoms with E-state index in [2.05, 4.69) is 0 Å². The monoisotopic (exact) mass is 529 g/mol. The maximum atomic E-state index is 12.7. The number of methoxy groups -OCH3 is 1. The van der Waals surface area contributed by atoms with Gasteiger partial charge in [-0.3, -0.25) is 14.4 Å². The van der Waals surface area contributed by atoms with Crippen LogP contribution in [0, 0.1) is 11.8 Å². The van der Waals surface area contributed by atoms with Crippen LogP contribution in [0.5, 0.6) is 17.2 Å². The SMILES string of the molecule is COC(=O)[C@](N)(Cc1ccc(OC(=O)C(C)C)c(OC(=O)C(C)C)c1)CC(C)OC(=O)Oc1ccccc1. The van der Waals surface area contributed by atoms with E-state index in [4.69, 9.17) is 29.4 Å². The molecule has 2 atom stereocenters. The minimum atomic E-state index is -1.61. The summed E-state index contributed by atoms with van der Waals surface area (Å²) < 4.78 is 26.2. The molecule has 206 valence electrons. The molecule has 38 heavy (non-hydrogen) atoms. The lowest BCUT2D eigenvalue weighted by molar-refractivity contribution is -0.148. The molecule has 2 N–H and O–H groups in total. The first kappa shape index (κ1) is 30.3. The van der Waals surface area contributed by atoms with Crippen molar-refractivity contribution in [3.8, 4) is 17.2 Å². The minimum absolute atomic E-state index is 0.0122. The molecule has 0 heterocycles. The lowest BCUT2D eigenvalue weighted by Crippen LogP contribution is -2.53. The van der Waals surface area contributed by atoms with Crippen molar-refractivity contribution in [2.75, 3.05) is 7.11 Å². The number of benzene rings is 2. The predicted octanol–water partition coefficient (Wildman–Crippen LogP) is 4.22. The fourth-order valence-corrected chi connectivity index (χ4v) is 3.40. The number of hydrogen-bond donors (Lipinski definition) is 1. The summed E-state index contributed by atoms with van der Waals surface area (Å²) in [5, 5.41) is 0. The molecule has 0 radical (unpaired) electrons. The van der Waals surface area contributed by atoms with Gasteiger partial charge >= 0.3 is 24.1 Å². The Morgan fingerprint density at radius 1 is 0.816 bits per heavy atom. The summed E-state index contributed by atoms with van der Waals surface area (Å²) in [5.41, 5.74) is 5.35. The molecule has 10 heteroatoms. The van der Waals surface area contributed by atoms with Gasteiger partial charge in [-0.2, -0.15) is 0 Å². The maximum absolute atomic E-state index is 12.7. The molecule has 0 aromatic heterocycles.